The number of nitrogens with one attached hydrogen (secondary N) is 1. The van der Waals surface area contributed by atoms with Crippen LogP contribution >= 0.6 is 0 Å². The molecule has 1 N–H and O–H groups in total. The minimum absolute atomic E-state index is 0.00121. The lowest BCUT2D eigenvalue weighted by molar-refractivity contribution is -0.146. The summed E-state index contributed by atoms with van der Waals surface area (Å²) in [4.78, 5) is 12.8. The molecule has 0 unspecified atom stereocenters. The lowest BCUT2D eigenvalue weighted by Gasteiger charge is -2.48. The summed E-state index contributed by atoms with van der Waals surface area (Å²) in [5, 5.41) is 3.47. The Labute approximate surface area is 178 Å². The summed E-state index contributed by atoms with van der Waals surface area (Å²) in [6.07, 6.45) is 4.75. The van der Waals surface area contributed by atoms with Gasteiger partial charge in [-0.05, 0) is 42.9 Å². The molecule has 6 nitrogen and oxygen atoms in total. The quantitative estimate of drug-likeness (QED) is 0.568. The molecule has 1 aromatic carbocycles. The van der Waals surface area contributed by atoms with Crippen molar-refractivity contribution in [2.75, 3.05) is 20.8 Å². The zero-order chi connectivity index (χ0) is 21.1. The monoisotopic (exact) mass is 415 g/mol. The van der Waals surface area contributed by atoms with E-state index in [0.717, 1.165) is 12.0 Å². The van der Waals surface area contributed by atoms with E-state index in [1.807, 2.05) is 18.2 Å². The Kier molecular flexibility index (Phi) is 4.78. The number of carbonyl (C=O) groups is 1. The van der Waals surface area contributed by atoms with Gasteiger partial charge in [-0.2, -0.15) is 0 Å². The van der Waals surface area contributed by atoms with Gasteiger partial charge in [0.25, 0.3) is 0 Å². The van der Waals surface area contributed by atoms with Crippen LogP contribution in [0.2, 0.25) is 0 Å². The van der Waals surface area contributed by atoms with Crippen LogP contribution in [0.1, 0.15) is 45.1 Å². The van der Waals surface area contributed by atoms with Gasteiger partial charge in [-0.1, -0.05) is 26.3 Å². The molecule has 2 aliphatic heterocycles. The predicted molar refractivity (Wildman–Crippen MR) is 111 cm³/mol. The fourth-order valence-electron chi connectivity index (χ4n) is 6.83. The molecule has 164 valence electrons. The van der Waals surface area contributed by atoms with Crippen LogP contribution in [0, 0.1) is 23.2 Å². The maximum atomic E-state index is 12.8. The van der Waals surface area contributed by atoms with Gasteiger partial charge >= 0.3 is 5.97 Å². The van der Waals surface area contributed by atoms with Gasteiger partial charge in [0.15, 0.2) is 11.5 Å². The van der Waals surface area contributed by atoms with Crippen molar-refractivity contribution in [3.8, 4) is 11.5 Å². The van der Waals surface area contributed by atoms with E-state index < -0.39 is 0 Å². The standard InChI is InChI=1S/C24H33NO5/c1-14-6-5-9-23(2)11-19-20(21-24(14,23)30-21)16(22(26)29-19)13-25-12-15-7-8-17(27-3)18(10-15)28-4/h7-8,10,14,16,19-21,25H,5-6,9,11-13H2,1-4H3/t14-,16+,19+,20+,21-,23+,24-/m0/s1. The number of hydrogen-bond donors (Lipinski definition) is 1. The summed E-state index contributed by atoms with van der Waals surface area (Å²) in [6, 6.07) is 5.89. The molecule has 4 aliphatic rings. The first-order valence-electron chi connectivity index (χ1n) is 11.2. The molecule has 0 bridgehead atoms. The molecular weight excluding hydrogens is 382 g/mol. The molecule has 2 aliphatic carbocycles. The summed E-state index contributed by atoms with van der Waals surface area (Å²) in [5.74, 6) is 1.95. The normalized spacial score (nSPS) is 41.3. The van der Waals surface area contributed by atoms with Crippen LogP contribution in [0.15, 0.2) is 18.2 Å². The lowest BCUT2D eigenvalue weighted by atomic mass is 9.53. The molecule has 2 heterocycles. The van der Waals surface area contributed by atoms with Crippen molar-refractivity contribution in [1.82, 2.24) is 5.32 Å². The Balaban J connectivity index is 1.27. The topological polar surface area (TPSA) is 69.3 Å². The number of carbonyl (C=O) groups excluding carboxylic acids is 1. The molecule has 0 amide bonds. The summed E-state index contributed by atoms with van der Waals surface area (Å²) < 4.78 is 23.1. The Morgan fingerprint density at radius 2 is 2.03 bits per heavy atom. The Morgan fingerprint density at radius 3 is 2.80 bits per heavy atom. The zero-order valence-electron chi connectivity index (χ0n) is 18.4. The van der Waals surface area contributed by atoms with Crippen LogP contribution in [0.3, 0.4) is 0 Å². The number of epoxide rings is 1. The van der Waals surface area contributed by atoms with E-state index in [-0.39, 0.29) is 41.0 Å². The van der Waals surface area contributed by atoms with Gasteiger partial charge < -0.3 is 24.3 Å². The number of rotatable bonds is 6. The molecule has 0 radical (unpaired) electrons. The lowest BCUT2D eigenvalue weighted by Crippen LogP contribution is -2.54. The average Bonchev–Trinajstić information content (AvgIpc) is 3.42. The maximum absolute atomic E-state index is 12.8. The summed E-state index contributed by atoms with van der Waals surface area (Å²) in [6.45, 7) is 5.96. The first-order valence-corrected chi connectivity index (χ1v) is 11.2. The minimum atomic E-state index is -0.141. The third-order valence-corrected chi connectivity index (χ3v) is 8.34. The zero-order valence-corrected chi connectivity index (χ0v) is 18.4. The van der Waals surface area contributed by atoms with Crippen LogP contribution < -0.4 is 14.8 Å². The number of benzene rings is 1. The predicted octanol–water partition coefficient (Wildman–Crippen LogP) is 3.32. The van der Waals surface area contributed by atoms with Crippen molar-refractivity contribution in [2.45, 2.75) is 63.9 Å². The van der Waals surface area contributed by atoms with Gasteiger partial charge in [0, 0.05) is 24.4 Å². The van der Waals surface area contributed by atoms with Crippen molar-refractivity contribution >= 4 is 5.97 Å². The van der Waals surface area contributed by atoms with Gasteiger partial charge in [0.05, 0.1) is 26.2 Å². The second kappa shape index (κ2) is 7.13. The summed E-state index contributed by atoms with van der Waals surface area (Å²) in [5.41, 5.74) is 1.19. The molecule has 7 atom stereocenters. The van der Waals surface area contributed by atoms with Crippen molar-refractivity contribution in [2.24, 2.45) is 23.2 Å². The second-order valence-electron chi connectivity index (χ2n) is 9.87. The largest absolute Gasteiger partial charge is 0.493 e. The molecule has 1 aromatic rings. The van der Waals surface area contributed by atoms with Gasteiger partial charge in [-0.15, -0.1) is 0 Å². The molecule has 30 heavy (non-hydrogen) atoms. The van der Waals surface area contributed by atoms with E-state index in [4.69, 9.17) is 18.9 Å². The van der Waals surface area contributed by atoms with Gasteiger partial charge in [0.2, 0.25) is 0 Å². The first-order chi connectivity index (χ1) is 14.4. The summed E-state index contributed by atoms with van der Waals surface area (Å²) >= 11 is 0. The van der Waals surface area contributed by atoms with Gasteiger partial charge in [-0.25, -0.2) is 0 Å². The fourth-order valence-corrected chi connectivity index (χ4v) is 6.83. The van der Waals surface area contributed by atoms with Crippen LogP contribution in [-0.4, -0.2) is 44.5 Å². The maximum Gasteiger partial charge on any atom is 0.311 e. The molecule has 6 heteroatoms. The molecule has 5 rings (SSSR count). The van der Waals surface area contributed by atoms with Crippen LogP contribution in [-0.2, 0) is 20.8 Å². The Morgan fingerprint density at radius 1 is 1.23 bits per heavy atom. The minimum Gasteiger partial charge on any atom is -0.493 e. The van der Waals surface area contributed by atoms with E-state index in [2.05, 4.69) is 19.2 Å². The molecule has 1 spiro atoms. The number of fused-ring (bicyclic) bond motifs is 2. The molecule has 4 fully saturated rings. The molecule has 2 saturated heterocycles. The van der Waals surface area contributed by atoms with E-state index in [0.29, 0.717) is 30.5 Å². The molecule has 0 aromatic heterocycles. The Bertz CT molecular complexity index is 843. The summed E-state index contributed by atoms with van der Waals surface area (Å²) in [7, 11) is 3.27. The average molecular weight is 416 g/mol. The van der Waals surface area contributed by atoms with Crippen LogP contribution in [0.25, 0.3) is 0 Å². The van der Waals surface area contributed by atoms with Gasteiger partial charge in [-0.3, -0.25) is 4.79 Å². The number of ether oxygens (including phenoxy) is 4. The van der Waals surface area contributed by atoms with Crippen molar-refractivity contribution in [1.29, 1.82) is 0 Å². The van der Waals surface area contributed by atoms with Crippen molar-refractivity contribution in [3.05, 3.63) is 23.8 Å². The number of esters is 1. The third kappa shape index (κ3) is 2.79. The molecular formula is C24H33NO5. The SMILES string of the molecule is COc1ccc(CNC[C@H]2C(=O)O[C@@H]3C[C@@]4(C)CCC[C@H](C)[C@@]45O[C@H]5[C@@H]32)cc1OC. The van der Waals surface area contributed by atoms with Crippen LogP contribution in [0.5, 0.6) is 11.5 Å². The number of hydrogen-bond acceptors (Lipinski definition) is 6. The highest BCUT2D eigenvalue weighted by atomic mass is 16.6. The fraction of sp³-hybridized carbons (Fsp3) is 0.708. The molecule has 2 saturated carbocycles. The highest BCUT2D eigenvalue weighted by Gasteiger charge is 2.78. The van der Waals surface area contributed by atoms with Crippen molar-refractivity contribution in [3.63, 3.8) is 0 Å². The van der Waals surface area contributed by atoms with E-state index in [9.17, 15) is 4.79 Å². The smallest absolute Gasteiger partial charge is 0.311 e. The Hall–Kier alpha value is -1.79. The van der Waals surface area contributed by atoms with E-state index in [1.165, 1.54) is 19.3 Å². The highest BCUT2D eigenvalue weighted by Crippen LogP contribution is 2.70. The van der Waals surface area contributed by atoms with E-state index in [1.54, 1.807) is 14.2 Å². The van der Waals surface area contributed by atoms with Crippen molar-refractivity contribution < 1.29 is 23.7 Å². The van der Waals surface area contributed by atoms with E-state index >= 15 is 0 Å². The third-order valence-electron chi connectivity index (χ3n) is 8.34. The van der Waals surface area contributed by atoms with Crippen LogP contribution in [0.4, 0.5) is 0 Å². The first kappa shape index (κ1) is 20.1. The van der Waals surface area contributed by atoms with Gasteiger partial charge in [0.1, 0.15) is 11.7 Å². The second-order valence-corrected chi connectivity index (χ2v) is 9.87. The highest BCUT2D eigenvalue weighted by molar-refractivity contribution is 5.76. The number of methoxy groups -OCH3 is 2.